The molecule has 0 radical (unpaired) electrons. The van der Waals surface area contributed by atoms with Crippen molar-refractivity contribution in [1.82, 2.24) is 9.29 Å². The largest absolute Gasteiger partial charge is 0.320 e. The molecule has 18 heavy (non-hydrogen) atoms. The highest BCUT2D eigenvalue weighted by Gasteiger charge is 2.27. The maximum atomic E-state index is 12.3. The Labute approximate surface area is 107 Å². The van der Waals surface area contributed by atoms with Gasteiger partial charge in [0.2, 0.25) is 10.0 Å². The molecule has 2 N–H and O–H groups in total. The first-order valence-corrected chi connectivity index (χ1v) is 7.23. The second-order valence-corrected chi connectivity index (χ2v) is 5.96. The molecular weight excluding hydrogens is 250 g/mol. The molecular formula is C12H15N3O2S. The van der Waals surface area contributed by atoms with E-state index in [4.69, 9.17) is 5.73 Å². The summed E-state index contributed by atoms with van der Waals surface area (Å²) in [5, 5.41) is 0. The topological polar surface area (TPSA) is 76.3 Å². The number of nitrogens with zero attached hydrogens (tertiary/aromatic N) is 2. The van der Waals surface area contributed by atoms with E-state index in [0.717, 1.165) is 12.8 Å². The van der Waals surface area contributed by atoms with Gasteiger partial charge in [0.15, 0.2) is 0 Å². The second kappa shape index (κ2) is 5.48. The highest BCUT2D eigenvalue weighted by atomic mass is 32.2. The van der Waals surface area contributed by atoms with Crippen molar-refractivity contribution in [2.24, 2.45) is 5.73 Å². The molecule has 6 heteroatoms. The van der Waals surface area contributed by atoms with Gasteiger partial charge in [-0.25, -0.2) is 8.42 Å². The summed E-state index contributed by atoms with van der Waals surface area (Å²) in [6.45, 7) is 1.41. The summed E-state index contributed by atoms with van der Waals surface area (Å²) in [6.07, 6.45) is 4.73. The molecule has 0 unspecified atom stereocenters. The summed E-state index contributed by atoms with van der Waals surface area (Å²) in [4.78, 5) is 4.13. The predicted octanol–water partition coefficient (Wildman–Crippen LogP) is 0.176. The number of rotatable bonds is 2. The molecule has 1 aliphatic rings. The first kappa shape index (κ1) is 13.0. The summed E-state index contributed by atoms with van der Waals surface area (Å²) in [5.74, 6) is 5.47. The van der Waals surface area contributed by atoms with Crippen molar-refractivity contribution in [3.8, 4) is 11.8 Å². The smallest absolute Gasteiger partial charge is 0.244 e. The zero-order valence-electron chi connectivity index (χ0n) is 9.96. The lowest BCUT2D eigenvalue weighted by atomic mass is 10.3. The standard InChI is InChI=1S/C12H15N3O2S/c13-5-3-4-11-8-12(10-14-9-11)18(16,17)15-6-1-2-7-15/h8-10H,1-2,5-7,13H2. The van der Waals surface area contributed by atoms with Crippen LogP contribution in [0.15, 0.2) is 23.4 Å². The van der Waals surface area contributed by atoms with Crippen LogP contribution in [0.4, 0.5) is 0 Å². The fraction of sp³-hybridized carbons (Fsp3) is 0.417. The van der Waals surface area contributed by atoms with Gasteiger partial charge in [0.05, 0.1) is 6.54 Å². The fourth-order valence-electron chi connectivity index (χ4n) is 1.86. The lowest BCUT2D eigenvalue weighted by Crippen LogP contribution is -2.28. The Morgan fingerprint density at radius 3 is 2.72 bits per heavy atom. The molecule has 0 spiro atoms. The van der Waals surface area contributed by atoms with Gasteiger partial charge in [0, 0.05) is 31.0 Å². The summed E-state index contributed by atoms with van der Waals surface area (Å²) in [5.41, 5.74) is 5.85. The van der Waals surface area contributed by atoms with Crippen LogP contribution in [0.5, 0.6) is 0 Å². The molecule has 1 fully saturated rings. The van der Waals surface area contributed by atoms with E-state index in [-0.39, 0.29) is 11.4 Å². The van der Waals surface area contributed by atoms with Crippen molar-refractivity contribution >= 4 is 10.0 Å². The first-order chi connectivity index (χ1) is 8.64. The number of nitrogens with two attached hydrogens (primary N) is 1. The summed E-state index contributed by atoms with van der Waals surface area (Å²) in [6, 6.07) is 1.54. The zero-order chi connectivity index (χ0) is 13.0. The van der Waals surface area contributed by atoms with Crippen molar-refractivity contribution in [1.29, 1.82) is 0 Å². The van der Waals surface area contributed by atoms with E-state index in [9.17, 15) is 8.42 Å². The highest BCUT2D eigenvalue weighted by molar-refractivity contribution is 7.89. The average molecular weight is 265 g/mol. The van der Waals surface area contributed by atoms with Crippen molar-refractivity contribution < 1.29 is 8.42 Å². The minimum Gasteiger partial charge on any atom is -0.320 e. The van der Waals surface area contributed by atoms with Gasteiger partial charge in [-0.2, -0.15) is 4.31 Å². The molecule has 1 saturated heterocycles. The van der Waals surface area contributed by atoms with Gasteiger partial charge in [-0.1, -0.05) is 11.8 Å². The Balaban J connectivity index is 2.32. The van der Waals surface area contributed by atoms with E-state index >= 15 is 0 Å². The Hall–Kier alpha value is -1.42. The van der Waals surface area contributed by atoms with E-state index in [1.165, 1.54) is 16.7 Å². The van der Waals surface area contributed by atoms with E-state index < -0.39 is 10.0 Å². The molecule has 0 saturated carbocycles. The van der Waals surface area contributed by atoms with Crippen molar-refractivity contribution in [3.63, 3.8) is 0 Å². The van der Waals surface area contributed by atoms with Gasteiger partial charge in [-0.3, -0.25) is 4.98 Å². The van der Waals surface area contributed by atoms with Crippen LogP contribution in [0, 0.1) is 11.8 Å². The van der Waals surface area contributed by atoms with Gasteiger partial charge in [0.1, 0.15) is 4.90 Å². The Morgan fingerprint density at radius 2 is 2.06 bits per heavy atom. The number of hydrogen-bond acceptors (Lipinski definition) is 4. The van der Waals surface area contributed by atoms with E-state index in [0.29, 0.717) is 18.7 Å². The number of aromatic nitrogens is 1. The number of hydrogen-bond donors (Lipinski definition) is 1. The van der Waals surface area contributed by atoms with Crippen LogP contribution in [0.3, 0.4) is 0 Å². The van der Waals surface area contributed by atoms with Crippen LogP contribution < -0.4 is 5.73 Å². The van der Waals surface area contributed by atoms with Gasteiger partial charge >= 0.3 is 0 Å². The summed E-state index contributed by atoms with van der Waals surface area (Å²) in [7, 11) is -3.41. The quantitative estimate of drug-likeness (QED) is 0.774. The molecule has 0 aliphatic carbocycles. The minimum atomic E-state index is -3.41. The zero-order valence-corrected chi connectivity index (χ0v) is 10.8. The molecule has 1 aromatic heterocycles. The Kier molecular flexibility index (Phi) is 3.97. The third-order valence-electron chi connectivity index (χ3n) is 2.75. The summed E-state index contributed by atoms with van der Waals surface area (Å²) < 4.78 is 26.0. The molecule has 2 rings (SSSR count). The van der Waals surface area contributed by atoms with Crippen LogP contribution in [0.25, 0.3) is 0 Å². The van der Waals surface area contributed by atoms with E-state index in [2.05, 4.69) is 16.8 Å². The molecule has 1 aromatic rings. The fourth-order valence-corrected chi connectivity index (χ4v) is 3.37. The van der Waals surface area contributed by atoms with Crippen LogP contribution in [0.1, 0.15) is 18.4 Å². The van der Waals surface area contributed by atoms with Crippen LogP contribution in [-0.2, 0) is 10.0 Å². The van der Waals surface area contributed by atoms with Crippen molar-refractivity contribution in [2.75, 3.05) is 19.6 Å². The lowest BCUT2D eigenvalue weighted by Gasteiger charge is -2.15. The van der Waals surface area contributed by atoms with Gasteiger partial charge in [0.25, 0.3) is 0 Å². The number of sulfonamides is 1. The highest BCUT2D eigenvalue weighted by Crippen LogP contribution is 2.20. The second-order valence-electron chi connectivity index (χ2n) is 4.03. The first-order valence-electron chi connectivity index (χ1n) is 5.79. The Morgan fingerprint density at radius 1 is 1.33 bits per heavy atom. The predicted molar refractivity (Wildman–Crippen MR) is 68.2 cm³/mol. The van der Waals surface area contributed by atoms with E-state index in [1.54, 1.807) is 6.07 Å². The molecule has 2 heterocycles. The Bertz CT molecular complexity index is 581. The van der Waals surface area contributed by atoms with Crippen LogP contribution in [0.2, 0.25) is 0 Å². The van der Waals surface area contributed by atoms with Crippen molar-refractivity contribution in [2.45, 2.75) is 17.7 Å². The van der Waals surface area contributed by atoms with Crippen LogP contribution in [-0.4, -0.2) is 37.3 Å². The maximum absolute atomic E-state index is 12.3. The summed E-state index contributed by atoms with van der Waals surface area (Å²) >= 11 is 0. The average Bonchev–Trinajstić information content (AvgIpc) is 2.91. The number of pyridine rings is 1. The van der Waals surface area contributed by atoms with Gasteiger partial charge in [-0.15, -0.1) is 0 Å². The van der Waals surface area contributed by atoms with Gasteiger partial charge < -0.3 is 5.73 Å². The lowest BCUT2D eigenvalue weighted by molar-refractivity contribution is 0.477. The molecule has 5 nitrogen and oxygen atoms in total. The minimum absolute atomic E-state index is 0.202. The molecule has 0 aromatic carbocycles. The van der Waals surface area contributed by atoms with Crippen molar-refractivity contribution in [3.05, 3.63) is 24.0 Å². The van der Waals surface area contributed by atoms with E-state index in [1.807, 2.05) is 0 Å². The maximum Gasteiger partial charge on any atom is 0.244 e. The molecule has 96 valence electrons. The third kappa shape index (κ3) is 2.70. The van der Waals surface area contributed by atoms with Gasteiger partial charge in [-0.05, 0) is 18.9 Å². The normalized spacial score (nSPS) is 16.3. The monoisotopic (exact) mass is 265 g/mol. The molecule has 0 atom stereocenters. The molecule has 1 aliphatic heterocycles. The van der Waals surface area contributed by atoms with Crippen LogP contribution >= 0.6 is 0 Å². The molecule has 0 bridgehead atoms. The SMILES string of the molecule is NCC#Cc1cncc(S(=O)(=O)N2CCCC2)c1. The molecule has 0 amide bonds. The third-order valence-corrected chi connectivity index (χ3v) is 4.61.